The predicted molar refractivity (Wildman–Crippen MR) is 110 cm³/mol. The number of ether oxygens (including phenoxy) is 1. The highest BCUT2D eigenvalue weighted by Crippen LogP contribution is 2.18. The molecule has 0 aliphatic rings. The van der Waals surface area contributed by atoms with Gasteiger partial charge in [0.25, 0.3) is 0 Å². The van der Waals surface area contributed by atoms with E-state index in [-0.39, 0.29) is 12.6 Å². The fourth-order valence-electron chi connectivity index (χ4n) is 2.34. The number of amides is 1. The lowest BCUT2D eigenvalue weighted by molar-refractivity contribution is -0.128. The van der Waals surface area contributed by atoms with Gasteiger partial charge in [0.15, 0.2) is 0 Å². The molecule has 146 valence electrons. The van der Waals surface area contributed by atoms with Crippen LogP contribution >= 0.6 is 11.3 Å². The fourth-order valence-corrected chi connectivity index (χ4v) is 4.14. The zero-order valence-electron chi connectivity index (χ0n) is 15.4. The maximum Gasteiger partial charge on any atom is 0.241 e. The number of nitrogens with zero attached hydrogens (tertiary/aromatic N) is 1. The van der Waals surface area contributed by atoms with Gasteiger partial charge in [-0.2, -0.15) is 0 Å². The summed E-state index contributed by atoms with van der Waals surface area (Å²) >= 11 is 1.52. The molecule has 0 spiro atoms. The van der Waals surface area contributed by atoms with Crippen LogP contribution in [0.5, 0.6) is 5.75 Å². The molecule has 1 amide bonds. The zero-order chi connectivity index (χ0) is 19.9. The van der Waals surface area contributed by atoms with Gasteiger partial charge in [0.1, 0.15) is 11.5 Å². The van der Waals surface area contributed by atoms with E-state index in [4.69, 9.17) is 4.74 Å². The highest BCUT2D eigenvalue weighted by molar-refractivity contribution is 7.93. The maximum absolute atomic E-state index is 12.5. The predicted octanol–water partition coefficient (Wildman–Crippen LogP) is 3.49. The Kier molecular flexibility index (Phi) is 7.44. The summed E-state index contributed by atoms with van der Waals surface area (Å²) in [5.41, 5.74) is 0.382. The average molecular weight is 409 g/mol. The molecule has 0 aliphatic heterocycles. The van der Waals surface area contributed by atoms with E-state index in [0.29, 0.717) is 18.0 Å². The van der Waals surface area contributed by atoms with Crippen LogP contribution in [-0.2, 0) is 21.4 Å². The molecular formula is C19H24N2O4S2. The van der Waals surface area contributed by atoms with Crippen molar-refractivity contribution < 1.29 is 17.9 Å². The van der Waals surface area contributed by atoms with Crippen LogP contribution in [0.4, 0.5) is 5.69 Å². The van der Waals surface area contributed by atoms with Gasteiger partial charge in [-0.1, -0.05) is 12.1 Å². The molecule has 0 radical (unpaired) electrons. The van der Waals surface area contributed by atoms with Crippen LogP contribution in [0.3, 0.4) is 0 Å². The Morgan fingerprint density at radius 1 is 1.30 bits per heavy atom. The number of carbonyl (C=O) groups is 1. The number of sulfonamides is 1. The van der Waals surface area contributed by atoms with Crippen molar-refractivity contribution in [3.63, 3.8) is 0 Å². The van der Waals surface area contributed by atoms with Crippen LogP contribution in [-0.4, -0.2) is 37.6 Å². The zero-order valence-corrected chi connectivity index (χ0v) is 17.1. The molecule has 27 heavy (non-hydrogen) atoms. The number of anilines is 1. The van der Waals surface area contributed by atoms with Gasteiger partial charge in [-0.3, -0.25) is 9.52 Å². The van der Waals surface area contributed by atoms with Gasteiger partial charge in [-0.15, -0.1) is 17.9 Å². The summed E-state index contributed by atoms with van der Waals surface area (Å²) in [6.07, 6.45) is 1.61. The first-order chi connectivity index (χ1) is 12.8. The quantitative estimate of drug-likeness (QED) is 0.611. The highest BCUT2D eigenvalue weighted by Gasteiger charge is 2.22. The van der Waals surface area contributed by atoms with Crippen LogP contribution in [0, 0.1) is 0 Å². The van der Waals surface area contributed by atoms with Crippen molar-refractivity contribution in [3.05, 3.63) is 59.3 Å². The third-order valence-electron chi connectivity index (χ3n) is 3.44. The van der Waals surface area contributed by atoms with Gasteiger partial charge in [0.05, 0.1) is 12.6 Å². The lowest BCUT2D eigenvalue weighted by Crippen LogP contribution is -2.36. The fraction of sp³-hybridized carbons (Fsp3) is 0.316. The number of nitrogens with one attached hydrogen (secondary N) is 1. The Hall–Kier alpha value is -2.32. The molecule has 0 saturated heterocycles. The first kappa shape index (κ1) is 21.0. The first-order valence-electron chi connectivity index (χ1n) is 8.47. The summed E-state index contributed by atoms with van der Waals surface area (Å²) in [6, 6.07) is 10.4. The summed E-state index contributed by atoms with van der Waals surface area (Å²) in [4.78, 5) is 14.9. The summed E-state index contributed by atoms with van der Waals surface area (Å²) in [5.74, 6) is -0.455. The second-order valence-electron chi connectivity index (χ2n) is 6.19. The van der Waals surface area contributed by atoms with E-state index in [1.165, 1.54) is 16.2 Å². The molecule has 0 atom stereocenters. The SMILES string of the molecule is C=CCN(Cc1cccs1)C(=O)CS(=O)(=O)Nc1ccc(OC(C)C)cc1. The molecular weight excluding hydrogens is 384 g/mol. The van der Waals surface area contributed by atoms with Gasteiger partial charge < -0.3 is 9.64 Å². The van der Waals surface area contributed by atoms with Crippen molar-refractivity contribution in [2.45, 2.75) is 26.5 Å². The van der Waals surface area contributed by atoms with E-state index in [0.717, 1.165) is 4.88 Å². The van der Waals surface area contributed by atoms with Crippen LogP contribution < -0.4 is 9.46 Å². The van der Waals surface area contributed by atoms with E-state index in [1.807, 2.05) is 31.4 Å². The second kappa shape index (κ2) is 9.57. The van der Waals surface area contributed by atoms with E-state index in [9.17, 15) is 13.2 Å². The third kappa shape index (κ3) is 7.07. The van der Waals surface area contributed by atoms with E-state index < -0.39 is 21.7 Å². The Labute approximate surface area is 164 Å². The molecule has 6 nitrogen and oxygen atoms in total. The maximum atomic E-state index is 12.5. The van der Waals surface area contributed by atoms with Crippen LogP contribution in [0.15, 0.2) is 54.4 Å². The Bertz CT molecular complexity index is 844. The molecule has 1 N–H and O–H groups in total. The molecule has 0 unspecified atom stereocenters. The summed E-state index contributed by atoms with van der Waals surface area (Å²) < 4.78 is 32.7. The summed E-state index contributed by atoms with van der Waals surface area (Å²) in [5, 5.41) is 1.91. The standard InChI is InChI=1S/C19H24N2O4S2/c1-4-11-21(13-18-6-5-12-26-18)19(22)14-27(23,24)20-16-7-9-17(10-8-16)25-15(2)3/h4-10,12,15,20H,1,11,13-14H2,2-3H3. The molecule has 1 aromatic heterocycles. The third-order valence-corrected chi connectivity index (χ3v) is 5.48. The van der Waals surface area contributed by atoms with Gasteiger partial charge in [0.2, 0.25) is 15.9 Å². The molecule has 0 fully saturated rings. The van der Waals surface area contributed by atoms with E-state index in [1.54, 1.807) is 30.3 Å². The summed E-state index contributed by atoms with van der Waals surface area (Å²) in [6.45, 7) is 8.10. The molecule has 8 heteroatoms. The number of benzene rings is 1. The normalized spacial score (nSPS) is 11.2. The summed E-state index contributed by atoms with van der Waals surface area (Å²) in [7, 11) is -3.82. The van der Waals surface area contributed by atoms with Crippen LogP contribution in [0.25, 0.3) is 0 Å². The van der Waals surface area contributed by atoms with Crippen molar-refractivity contribution in [1.29, 1.82) is 0 Å². The lowest BCUT2D eigenvalue weighted by Gasteiger charge is -2.20. The number of carbonyl (C=O) groups excluding carboxylic acids is 1. The Morgan fingerprint density at radius 3 is 2.56 bits per heavy atom. The minimum atomic E-state index is -3.82. The smallest absolute Gasteiger partial charge is 0.241 e. The monoisotopic (exact) mass is 408 g/mol. The topological polar surface area (TPSA) is 75.7 Å². The van der Waals surface area contributed by atoms with Crippen LogP contribution in [0.1, 0.15) is 18.7 Å². The van der Waals surface area contributed by atoms with Crippen molar-refractivity contribution in [2.75, 3.05) is 17.0 Å². The molecule has 2 aromatic rings. The number of hydrogen-bond acceptors (Lipinski definition) is 5. The van der Waals surface area contributed by atoms with E-state index in [2.05, 4.69) is 11.3 Å². The molecule has 1 aromatic carbocycles. The number of thiophene rings is 1. The molecule has 1 heterocycles. The van der Waals surface area contributed by atoms with E-state index >= 15 is 0 Å². The van der Waals surface area contributed by atoms with Gasteiger partial charge in [-0.25, -0.2) is 8.42 Å². The van der Waals surface area contributed by atoms with Gasteiger partial charge >= 0.3 is 0 Å². The van der Waals surface area contributed by atoms with Crippen molar-refractivity contribution in [3.8, 4) is 5.75 Å². The average Bonchev–Trinajstić information content (AvgIpc) is 3.08. The van der Waals surface area contributed by atoms with Crippen LogP contribution in [0.2, 0.25) is 0 Å². The minimum absolute atomic E-state index is 0.0318. The molecule has 0 bridgehead atoms. The molecule has 0 aliphatic carbocycles. The van der Waals surface area contributed by atoms with Gasteiger partial charge in [0, 0.05) is 17.1 Å². The highest BCUT2D eigenvalue weighted by atomic mass is 32.2. The first-order valence-corrected chi connectivity index (χ1v) is 11.0. The minimum Gasteiger partial charge on any atom is -0.491 e. The van der Waals surface area contributed by atoms with Crippen molar-refractivity contribution >= 4 is 33.0 Å². The number of hydrogen-bond donors (Lipinski definition) is 1. The number of rotatable bonds is 10. The molecule has 0 saturated carbocycles. The Balaban J connectivity index is 2.00. The lowest BCUT2D eigenvalue weighted by atomic mass is 10.3. The van der Waals surface area contributed by atoms with Gasteiger partial charge in [-0.05, 0) is 49.6 Å². The Morgan fingerprint density at radius 2 is 2.00 bits per heavy atom. The molecule has 2 rings (SSSR count). The van der Waals surface area contributed by atoms with Crippen molar-refractivity contribution in [2.24, 2.45) is 0 Å². The largest absolute Gasteiger partial charge is 0.491 e. The second-order valence-corrected chi connectivity index (χ2v) is 8.95. The van der Waals surface area contributed by atoms with Crippen molar-refractivity contribution in [1.82, 2.24) is 4.90 Å².